The van der Waals surface area contributed by atoms with Crippen molar-refractivity contribution in [1.82, 2.24) is 5.32 Å². The number of rotatable bonds is 4. The van der Waals surface area contributed by atoms with Crippen LogP contribution >= 0.6 is 0 Å². The molecule has 1 unspecified atom stereocenters. The molecular weight excluding hydrogens is 234 g/mol. The van der Waals surface area contributed by atoms with Crippen molar-refractivity contribution in [1.29, 1.82) is 0 Å². The van der Waals surface area contributed by atoms with Crippen LogP contribution in [0, 0.1) is 0 Å². The smallest absolute Gasteiger partial charge is 0.122 e. The van der Waals surface area contributed by atoms with Crippen LogP contribution in [-0.4, -0.2) is 12.6 Å². The average Bonchev–Trinajstić information content (AvgIpc) is 2.93. The summed E-state index contributed by atoms with van der Waals surface area (Å²) in [6.45, 7) is 3.13. The van der Waals surface area contributed by atoms with Crippen molar-refractivity contribution in [3.8, 4) is 5.75 Å². The van der Waals surface area contributed by atoms with Crippen molar-refractivity contribution in [3.05, 3.63) is 29.3 Å². The third kappa shape index (κ3) is 2.94. The molecule has 2 aliphatic rings. The molecule has 104 valence electrons. The number of benzene rings is 1. The van der Waals surface area contributed by atoms with Crippen LogP contribution in [0.1, 0.15) is 62.6 Å². The maximum Gasteiger partial charge on any atom is 0.122 e. The molecule has 1 aromatic rings. The number of ether oxygens (including phenoxy) is 1. The summed E-state index contributed by atoms with van der Waals surface area (Å²) in [5.41, 5.74) is 2.83. The van der Waals surface area contributed by atoms with Gasteiger partial charge in [0.2, 0.25) is 0 Å². The van der Waals surface area contributed by atoms with Crippen molar-refractivity contribution in [2.75, 3.05) is 6.61 Å². The van der Waals surface area contributed by atoms with Crippen LogP contribution in [0.5, 0.6) is 5.75 Å². The Morgan fingerprint density at radius 3 is 2.89 bits per heavy atom. The summed E-state index contributed by atoms with van der Waals surface area (Å²) in [6, 6.07) is 7.99. The van der Waals surface area contributed by atoms with E-state index < -0.39 is 0 Å². The SMILES string of the molecule is CCC(NC1CCCCC1)c1ccc2c(c1)CCO2. The molecule has 19 heavy (non-hydrogen) atoms. The van der Waals surface area contributed by atoms with Gasteiger partial charge in [-0.15, -0.1) is 0 Å². The molecule has 1 fully saturated rings. The lowest BCUT2D eigenvalue weighted by molar-refractivity contribution is 0.334. The Morgan fingerprint density at radius 2 is 2.11 bits per heavy atom. The van der Waals surface area contributed by atoms with Crippen LogP contribution in [0.15, 0.2) is 18.2 Å². The zero-order valence-electron chi connectivity index (χ0n) is 12.0. The van der Waals surface area contributed by atoms with Crippen LogP contribution in [0.3, 0.4) is 0 Å². The molecule has 1 heterocycles. The Bertz CT molecular complexity index is 423. The highest BCUT2D eigenvalue weighted by Gasteiger charge is 2.20. The van der Waals surface area contributed by atoms with Crippen LogP contribution in [0.25, 0.3) is 0 Å². The van der Waals surface area contributed by atoms with E-state index >= 15 is 0 Å². The highest BCUT2D eigenvalue weighted by Crippen LogP contribution is 2.30. The molecule has 0 spiro atoms. The fraction of sp³-hybridized carbons (Fsp3) is 0.647. The summed E-state index contributed by atoms with van der Waals surface area (Å²) < 4.78 is 5.60. The van der Waals surface area contributed by atoms with Gasteiger partial charge in [0.25, 0.3) is 0 Å². The van der Waals surface area contributed by atoms with E-state index in [4.69, 9.17) is 4.74 Å². The Kier molecular flexibility index (Phi) is 4.07. The Balaban J connectivity index is 1.70. The second-order valence-electron chi connectivity index (χ2n) is 5.93. The van der Waals surface area contributed by atoms with E-state index in [9.17, 15) is 0 Å². The van der Waals surface area contributed by atoms with E-state index in [0.717, 1.165) is 31.2 Å². The lowest BCUT2D eigenvalue weighted by Gasteiger charge is -2.28. The number of hydrogen-bond acceptors (Lipinski definition) is 2. The zero-order valence-corrected chi connectivity index (χ0v) is 12.0. The minimum atomic E-state index is 0.508. The van der Waals surface area contributed by atoms with Crippen molar-refractivity contribution < 1.29 is 4.74 Å². The van der Waals surface area contributed by atoms with E-state index in [1.807, 2.05) is 0 Å². The third-order valence-corrected chi connectivity index (χ3v) is 4.57. The molecule has 0 radical (unpaired) electrons. The summed E-state index contributed by atoms with van der Waals surface area (Å²) in [5.74, 6) is 1.09. The number of nitrogens with one attached hydrogen (secondary N) is 1. The monoisotopic (exact) mass is 259 g/mol. The van der Waals surface area contributed by atoms with Gasteiger partial charge in [0.15, 0.2) is 0 Å². The Labute approximate surface area is 116 Å². The van der Waals surface area contributed by atoms with Crippen LogP contribution in [-0.2, 0) is 6.42 Å². The van der Waals surface area contributed by atoms with Gasteiger partial charge < -0.3 is 10.1 Å². The predicted octanol–water partition coefficient (Wildman–Crippen LogP) is 3.99. The van der Waals surface area contributed by atoms with E-state index in [1.165, 1.54) is 43.2 Å². The molecule has 2 nitrogen and oxygen atoms in total. The lowest BCUT2D eigenvalue weighted by Crippen LogP contribution is -2.34. The van der Waals surface area contributed by atoms with Crippen molar-refractivity contribution in [2.45, 2.75) is 64.0 Å². The fourth-order valence-corrected chi connectivity index (χ4v) is 3.43. The highest BCUT2D eigenvalue weighted by atomic mass is 16.5. The first-order valence-electron chi connectivity index (χ1n) is 7.88. The second kappa shape index (κ2) is 5.96. The standard InChI is InChI=1S/C17H25NO/c1-2-16(18-15-6-4-3-5-7-15)13-8-9-17-14(12-13)10-11-19-17/h8-9,12,15-16,18H,2-7,10-11H2,1H3. The first-order valence-corrected chi connectivity index (χ1v) is 7.88. The zero-order chi connectivity index (χ0) is 13.1. The molecular formula is C17H25NO. The molecule has 1 aliphatic carbocycles. The summed E-state index contributed by atoms with van der Waals surface area (Å²) in [4.78, 5) is 0. The molecule has 0 saturated heterocycles. The minimum absolute atomic E-state index is 0.508. The van der Waals surface area contributed by atoms with Gasteiger partial charge in [-0.05, 0) is 36.5 Å². The van der Waals surface area contributed by atoms with Gasteiger partial charge in [0.05, 0.1) is 6.61 Å². The second-order valence-corrected chi connectivity index (χ2v) is 5.93. The van der Waals surface area contributed by atoms with E-state index in [1.54, 1.807) is 0 Å². The van der Waals surface area contributed by atoms with Gasteiger partial charge in [0, 0.05) is 18.5 Å². The Morgan fingerprint density at radius 1 is 1.26 bits per heavy atom. The lowest BCUT2D eigenvalue weighted by atomic mass is 9.93. The summed E-state index contributed by atoms with van der Waals surface area (Å²) in [7, 11) is 0. The van der Waals surface area contributed by atoms with Crippen molar-refractivity contribution in [3.63, 3.8) is 0 Å². The first kappa shape index (κ1) is 13.0. The topological polar surface area (TPSA) is 21.3 Å². The summed E-state index contributed by atoms with van der Waals surface area (Å²) in [6.07, 6.45) is 9.15. The molecule has 1 aliphatic heterocycles. The van der Waals surface area contributed by atoms with E-state index in [0.29, 0.717) is 6.04 Å². The molecule has 0 bridgehead atoms. The fourth-order valence-electron chi connectivity index (χ4n) is 3.43. The largest absolute Gasteiger partial charge is 0.493 e. The minimum Gasteiger partial charge on any atom is -0.493 e. The van der Waals surface area contributed by atoms with Crippen LogP contribution in [0.4, 0.5) is 0 Å². The molecule has 1 aromatic carbocycles. The highest BCUT2D eigenvalue weighted by molar-refractivity contribution is 5.40. The van der Waals surface area contributed by atoms with Crippen LogP contribution in [0.2, 0.25) is 0 Å². The summed E-state index contributed by atoms with van der Waals surface area (Å²) >= 11 is 0. The summed E-state index contributed by atoms with van der Waals surface area (Å²) in [5, 5.41) is 3.87. The van der Waals surface area contributed by atoms with Gasteiger partial charge in [-0.3, -0.25) is 0 Å². The van der Waals surface area contributed by atoms with Gasteiger partial charge >= 0.3 is 0 Å². The maximum atomic E-state index is 5.60. The van der Waals surface area contributed by atoms with Gasteiger partial charge in [0.1, 0.15) is 5.75 Å². The molecule has 0 aromatic heterocycles. The average molecular weight is 259 g/mol. The molecule has 1 saturated carbocycles. The predicted molar refractivity (Wildman–Crippen MR) is 78.7 cm³/mol. The molecule has 0 amide bonds. The first-order chi connectivity index (χ1) is 9.36. The quantitative estimate of drug-likeness (QED) is 0.882. The maximum absolute atomic E-state index is 5.60. The Hall–Kier alpha value is -1.02. The van der Waals surface area contributed by atoms with Crippen LogP contribution < -0.4 is 10.1 Å². The number of hydrogen-bond donors (Lipinski definition) is 1. The van der Waals surface area contributed by atoms with Crippen molar-refractivity contribution >= 4 is 0 Å². The molecule has 1 atom stereocenters. The van der Waals surface area contributed by atoms with Gasteiger partial charge in [-0.25, -0.2) is 0 Å². The molecule has 1 N–H and O–H groups in total. The van der Waals surface area contributed by atoms with E-state index in [-0.39, 0.29) is 0 Å². The molecule has 3 rings (SSSR count). The van der Waals surface area contributed by atoms with E-state index in [2.05, 4.69) is 30.4 Å². The van der Waals surface area contributed by atoms with Gasteiger partial charge in [-0.2, -0.15) is 0 Å². The normalized spacial score (nSPS) is 20.9. The number of fused-ring (bicyclic) bond motifs is 1. The van der Waals surface area contributed by atoms with Gasteiger partial charge in [-0.1, -0.05) is 38.3 Å². The van der Waals surface area contributed by atoms with Crippen molar-refractivity contribution in [2.24, 2.45) is 0 Å². The third-order valence-electron chi connectivity index (χ3n) is 4.57. The molecule has 2 heteroatoms.